The minimum Gasteiger partial charge on any atom is -0.481 e. The molecule has 0 aromatic rings. The van der Waals surface area contributed by atoms with Gasteiger partial charge in [0.1, 0.15) is 18.1 Å². The van der Waals surface area contributed by atoms with Gasteiger partial charge in [-0.2, -0.15) is 11.8 Å². The number of aliphatic imine (C=N–C) groups is 1. The molecule has 0 radical (unpaired) electrons. The molecule has 5 atom stereocenters. The normalized spacial score (nSPS) is 14.9. The molecule has 206 valence electrons. The van der Waals surface area contributed by atoms with Gasteiger partial charge in [-0.1, -0.05) is 0 Å². The summed E-state index contributed by atoms with van der Waals surface area (Å²) in [5.74, 6) is -4.70. The first kappa shape index (κ1) is 32.9. The lowest BCUT2D eigenvalue weighted by Crippen LogP contribution is -2.59. The molecule has 0 saturated heterocycles. The highest BCUT2D eigenvalue weighted by atomic mass is 32.2. The van der Waals surface area contributed by atoms with Crippen molar-refractivity contribution in [3.63, 3.8) is 0 Å². The number of carbonyl (C=O) groups is 5. The maximum Gasteiger partial charge on any atom is 0.326 e. The molecule has 0 aromatic heterocycles. The fraction of sp³-hybridized carbons (Fsp3) is 0.700. The molecule has 3 amide bonds. The predicted molar refractivity (Wildman–Crippen MR) is 133 cm³/mol. The van der Waals surface area contributed by atoms with Gasteiger partial charge in [0.2, 0.25) is 17.7 Å². The van der Waals surface area contributed by atoms with Gasteiger partial charge in [-0.05, 0) is 44.6 Å². The van der Waals surface area contributed by atoms with Gasteiger partial charge in [-0.25, -0.2) is 4.79 Å². The summed E-state index contributed by atoms with van der Waals surface area (Å²) in [4.78, 5) is 64.0. The molecule has 0 bridgehead atoms. The number of rotatable bonds is 18. The van der Waals surface area contributed by atoms with Crippen LogP contribution in [0.25, 0.3) is 0 Å². The van der Waals surface area contributed by atoms with Crippen LogP contribution in [0.15, 0.2) is 4.99 Å². The molecule has 15 nitrogen and oxygen atoms in total. The van der Waals surface area contributed by atoms with Crippen LogP contribution in [-0.4, -0.2) is 99.8 Å². The average Bonchev–Trinajstić information content (AvgIpc) is 2.79. The van der Waals surface area contributed by atoms with Crippen molar-refractivity contribution in [2.45, 2.75) is 69.3 Å². The number of nitrogens with two attached hydrogens (primary N) is 3. The Morgan fingerprint density at radius 1 is 0.917 bits per heavy atom. The fourth-order valence-electron chi connectivity index (χ4n) is 2.87. The molecule has 0 rings (SSSR count). The van der Waals surface area contributed by atoms with Gasteiger partial charge < -0.3 is 48.5 Å². The Hall–Kier alpha value is -3.11. The fourth-order valence-corrected chi connectivity index (χ4v) is 3.35. The quantitative estimate of drug-likeness (QED) is 0.0479. The van der Waals surface area contributed by atoms with Gasteiger partial charge in [0.05, 0.1) is 12.1 Å². The van der Waals surface area contributed by atoms with E-state index in [1.54, 1.807) is 6.26 Å². The molecule has 0 fully saturated rings. The number of aliphatic hydroxyl groups excluding tert-OH is 1. The van der Waals surface area contributed by atoms with E-state index in [2.05, 4.69) is 20.9 Å². The lowest BCUT2D eigenvalue weighted by atomic mass is 10.1. The number of hydrogen-bond acceptors (Lipinski definition) is 9. The third-order valence-electron chi connectivity index (χ3n) is 4.87. The van der Waals surface area contributed by atoms with Crippen molar-refractivity contribution in [2.24, 2.45) is 22.2 Å². The monoisotopic (exact) mass is 535 g/mol. The summed E-state index contributed by atoms with van der Waals surface area (Å²) in [5.41, 5.74) is 16.2. The van der Waals surface area contributed by atoms with E-state index in [1.807, 2.05) is 0 Å². The van der Waals surface area contributed by atoms with Crippen LogP contribution in [-0.2, 0) is 24.0 Å². The Labute approximate surface area is 213 Å². The molecule has 16 heteroatoms. The number of nitrogens with zero attached hydrogens (tertiary/aromatic N) is 1. The van der Waals surface area contributed by atoms with Crippen LogP contribution in [0.3, 0.4) is 0 Å². The van der Waals surface area contributed by atoms with E-state index in [-0.39, 0.29) is 44.6 Å². The SMILES string of the molecule is CSCCC(NC(=O)C(NC(=O)C(CCCN=C(N)N)NC(=O)C(N)CCC(=O)O)C(C)O)C(=O)O. The standard InChI is InChI=1S/C20H37N7O8S/c1-10(28)15(18(33)26-13(19(34)35)7-9-36-2)27-17(32)12(4-3-8-24-20(22)23)25-16(31)11(21)5-6-14(29)30/h10-13,15,28H,3-9,21H2,1-2H3,(H,25,31)(H,26,33)(H,27,32)(H,29,30)(H,34,35)(H4,22,23,24). The van der Waals surface area contributed by atoms with E-state index in [4.69, 9.17) is 22.3 Å². The maximum absolute atomic E-state index is 12.9. The number of hydrogen-bond donors (Lipinski definition) is 9. The lowest BCUT2D eigenvalue weighted by molar-refractivity contribution is -0.143. The summed E-state index contributed by atoms with van der Waals surface area (Å²) in [6.07, 6.45) is 0.215. The Kier molecular flexibility index (Phi) is 15.8. The zero-order chi connectivity index (χ0) is 27.8. The smallest absolute Gasteiger partial charge is 0.326 e. The summed E-state index contributed by atoms with van der Waals surface area (Å²) in [6, 6.07) is -5.20. The number of carboxylic acids is 2. The van der Waals surface area contributed by atoms with Crippen molar-refractivity contribution in [3.05, 3.63) is 0 Å². The van der Waals surface area contributed by atoms with Gasteiger partial charge in [0.25, 0.3) is 0 Å². The summed E-state index contributed by atoms with van der Waals surface area (Å²) >= 11 is 1.39. The van der Waals surface area contributed by atoms with Crippen molar-refractivity contribution in [1.82, 2.24) is 16.0 Å². The summed E-state index contributed by atoms with van der Waals surface area (Å²) in [5, 5.41) is 35.2. The van der Waals surface area contributed by atoms with E-state index in [0.717, 1.165) is 0 Å². The van der Waals surface area contributed by atoms with Gasteiger partial charge in [-0.3, -0.25) is 24.2 Å². The summed E-state index contributed by atoms with van der Waals surface area (Å²) in [6.45, 7) is 1.36. The molecule has 0 aliphatic heterocycles. The van der Waals surface area contributed by atoms with Gasteiger partial charge >= 0.3 is 11.9 Å². The predicted octanol–water partition coefficient (Wildman–Crippen LogP) is -3.09. The minimum absolute atomic E-state index is 0.0135. The zero-order valence-electron chi connectivity index (χ0n) is 20.3. The van der Waals surface area contributed by atoms with E-state index in [1.165, 1.54) is 18.7 Å². The van der Waals surface area contributed by atoms with E-state index < -0.39 is 59.9 Å². The van der Waals surface area contributed by atoms with Crippen LogP contribution in [0.1, 0.15) is 39.0 Å². The minimum atomic E-state index is -1.52. The molecule has 5 unspecified atom stereocenters. The molecule has 0 aliphatic carbocycles. The molecule has 36 heavy (non-hydrogen) atoms. The topological polar surface area (TPSA) is 273 Å². The van der Waals surface area contributed by atoms with Gasteiger partial charge in [0.15, 0.2) is 5.96 Å². The Bertz CT molecular complexity index is 792. The molecule has 0 aliphatic rings. The number of guanidine groups is 1. The Morgan fingerprint density at radius 3 is 2.03 bits per heavy atom. The number of carbonyl (C=O) groups excluding carboxylic acids is 3. The molecule has 0 spiro atoms. The maximum atomic E-state index is 12.9. The van der Waals surface area contributed by atoms with Crippen LogP contribution < -0.4 is 33.2 Å². The lowest BCUT2D eigenvalue weighted by Gasteiger charge is -2.26. The van der Waals surface area contributed by atoms with Crippen molar-refractivity contribution in [2.75, 3.05) is 18.6 Å². The number of aliphatic carboxylic acids is 2. The van der Waals surface area contributed by atoms with Crippen LogP contribution in [0.4, 0.5) is 0 Å². The highest BCUT2D eigenvalue weighted by molar-refractivity contribution is 7.98. The number of amides is 3. The van der Waals surface area contributed by atoms with Crippen molar-refractivity contribution < 1.29 is 39.3 Å². The van der Waals surface area contributed by atoms with E-state index >= 15 is 0 Å². The molecule has 0 saturated carbocycles. The van der Waals surface area contributed by atoms with E-state index in [9.17, 15) is 34.2 Å². The van der Waals surface area contributed by atoms with Crippen molar-refractivity contribution in [1.29, 1.82) is 0 Å². The molecule has 0 aromatic carbocycles. The summed E-state index contributed by atoms with van der Waals surface area (Å²) in [7, 11) is 0. The van der Waals surface area contributed by atoms with Crippen molar-refractivity contribution in [3.8, 4) is 0 Å². The highest BCUT2D eigenvalue weighted by Gasteiger charge is 2.32. The van der Waals surface area contributed by atoms with E-state index in [0.29, 0.717) is 5.75 Å². The first-order chi connectivity index (χ1) is 16.8. The van der Waals surface area contributed by atoms with Gasteiger partial charge in [0, 0.05) is 13.0 Å². The second-order valence-electron chi connectivity index (χ2n) is 7.96. The first-order valence-corrected chi connectivity index (χ1v) is 12.5. The number of carboxylic acid groups (broad SMARTS) is 2. The third-order valence-corrected chi connectivity index (χ3v) is 5.52. The molecule has 0 heterocycles. The number of aliphatic hydroxyl groups is 1. The van der Waals surface area contributed by atoms with Crippen LogP contribution in [0, 0.1) is 0 Å². The summed E-state index contributed by atoms with van der Waals surface area (Å²) < 4.78 is 0. The highest BCUT2D eigenvalue weighted by Crippen LogP contribution is 2.06. The second-order valence-corrected chi connectivity index (χ2v) is 8.94. The first-order valence-electron chi connectivity index (χ1n) is 11.1. The average molecular weight is 536 g/mol. The van der Waals surface area contributed by atoms with Crippen LogP contribution in [0.2, 0.25) is 0 Å². The second kappa shape index (κ2) is 17.3. The van der Waals surface area contributed by atoms with Crippen LogP contribution in [0.5, 0.6) is 0 Å². The largest absolute Gasteiger partial charge is 0.481 e. The van der Waals surface area contributed by atoms with Crippen LogP contribution >= 0.6 is 11.8 Å². The zero-order valence-corrected chi connectivity index (χ0v) is 21.1. The Balaban J connectivity index is 5.50. The van der Waals surface area contributed by atoms with Crippen molar-refractivity contribution >= 4 is 47.4 Å². The molecule has 12 N–H and O–H groups in total. The number of nitrogens with one attached hydrogen (secondary N) is 3. The Morgan fingerprint density at radius 2 is 1.53 bits per heavy atom. The molecular weight excluding hydrogens is 498 g/mol. The molecular formula is C20H37N7O8S. The third kappa shape index (κ3) is 13.7. The van der Waals surface area contributed by atoms with Gasteiger partial charge in [-0.15, -0.1) is 0 Å². The number of thioether (sulfide) groups is 1.